The van der Waals surface area contributed by atoms with Gasteiger partial charge in [0.2, 0.25) is 17.6 Å². The van der Waals surface area contributed by atoms with Crippen LogP contribution < -0.4 is 9.47 Å². The first kappa shape index (κ1) is 27.9. The SMILES string of the molecule is COc1cc(C=C[C@H]2C3=CC[C@@H]4C(=O)N(Cc5ccccc5)C(=O)[C@@H]4[C@@H]3CC3=C2C(=O)C=C(Br)C3=O)cc(OC)c1O. The second-order valence-electron chi connectivity index (χ2n) is 10.8. The fraction of sp³-hybridized carbons (Fsp3) is 0.273. The van der Waals surface area contributed by atoms with Gasteiger partial charge in [-0.2, -0.15) is 0 Å². The quantitative estimate of drug-likeness (QED) is 0.274. The molecule has 42 heavy (non-hydrogen) atoms. The number of hydrogen-bond acceptors (Lipinski definition) is 7. The summed E-state index contributed by atoms with van der Waals surface area (Å²) in [4.78, 5) is 55.4. The predicted octanol–water partition coefficient (Wildman–Crippen LogP) is 4.92. The third-order valence-corrected chi connectivity index (χ3v) is 9.23. The minimum Gasteiger partial charge on any atom is -0.502 e. The third kappa shape index (κ3) is 4.52. The van der Waals surface area contributed by atoms with E-state index in [4.69, 9.17) is 9.47 Å². The van der Waals surface area contributed by atoms with Crippen molar-refractivity contribution in [1.82, 2.24) is 4.90 Å². The first-order chi connectivity index (χ1) is 20.2. The van der Waals surface area contributed by atoms with Gasteiger partial charge in [-0.25, -0.2) is 0 Å². The molecule has 4 aliphatic rings. The van der Waals surface area contributed by atoms with E-state index in [0.717, 1.165) is 11.1 Å². The van der Waals surface area contributed by atoms with E-state index in [1.807, 2.05) is 42.5 Å². The van der Waals surface area contributed by atoms with E-state index < -0.39 is 23.7 Å². The van der Waals surface area contributed by atoms with E-state index >= 15 is 0 Å². The summed E-state index contributed by atoms with van der Waals surface area (Å²) in [5.74, 6) is -2.80. The number of fused-ring (bicyclic) bond motifs is 3. The zero-order valence-corrected chi connectivity index (χ0v) is 24.6. The van der Waals surface area contributed by atoms with Crippen molar-refractivity contribution in [2.45, 2.75) is 19.4 Å². The number of phenolic OH excluding ortho intramolecular Hbond substituents is 1. The number of nitrogens with zero attached hydrogens (tertiary/aromatic N) is 1. The van der Waals surface area contributed by atoms with Crippen LogP contribution in [0.25, 0.3) is 6.08 Å². The van der Waals surface area contributed by atoms with Gasteiger partial charge in [-0.3, -0.25) is 24.1 Å². The van der Waals surface area contributed by atoms with Gasteiger partial charge >= 0.3 is 0 Å². The van der Waals surface area contributed by atoms with E-state index in [-0.39, 0.29) is 58.1 Å². The number of halogens is 1. The molecule has 3 aliphatic carbocycles. The maximum atomic E-state index is 13.9. The van der Waals surface area contributed by atoms with Gasteiger partial charge in [-0.05, 0) is 57.9 Å². The molecule has 0 unspecified atom stereocenters. The number of hydrogen-bond donors (Lipinski definition) is 1. The lowest BCUT2D eigenvalue weighted by Crippen LogP contribution is -2.39. The van der Waals surface area contributed by atoms with Crippen molar-refractivity contribution in [2.24, 2.45) is 23.7 Å². The van der Waals surface area contributed by atoms with E-state index in [1.54, 1.807) is 18.2 Å². The predicted molar refractivity (Wildman–Crippen MR) is 158 cm³/mol. The maximum absolute atomic E-state index is 13.9. The number of phenols is 1. The summed E-state index contributed by atoms with van der Waals surface area (Å²) in [6, 6.07) is 12.7. The summed E-state index contributed by atoms with van der Waals surface area (Å²) >= 11 is 3.25. The molecule has 0 aromatic heterocycles. The van der Waals surface area contributed by atoms with Crippen LogP contribution in [0.3, 0.4) is 0 Å². The average molecular weight is 630 g/mol. The molecule has 2 aromatic carbocycles. The summed E-state index contributed by atoms with van der Waals surface area (Å²) in [6.07, 6.45) is 7.47. The fourth-order valence-corrected chi connectivity index (χ4v) is 7.14. The Morgan fingerprint density at radius 1 is 1.00 bits per heavy atom. The lowest BCUT2D eigenvalue weighted by Gasteiger charge is -2.41. The summed E-state index contributed by atoms with van der Waals surface area (Å²) < 4.78 is 10.8. The van der Waals surface area contributed by atoms with Crippen LogP contribution in [0, 0.1) is 23.7 Å². The van der Waals surface area contributed by atoms with Crippen molar-refractivity contribution in [2.75, 3.05) is 14.2 Å². The van der Waals surface area contributed by atoms with E-state index in [9.17, 15) is 24.3 Å². The number of imide groups is 1. The number of Topliss-reactive ketones (excluding diaryl/α,β-unsaturated/α-hetero) is 1. The molecule has 0 saturated carbocycles. The van der Waals surface area contributed by atoms with Crippen molar-refractivity contribution in [3.8, 4) is 17.2 Å². The number of likely N-dealkylation sites (tertiary alicyclic amines) is 1. The second-order valence-corrected chi connectivity index (χ2v) is 11.7. The van der Waals surface area contributed by atoms with Gasteiger partial charge in [-0.1, -0.05) is 54.1 Å². The number of benzene rings is 2. The van der Waals surface area contributed by atoms with Gasteiger partial charge in [0.05, 0.1) is 37.1 Å². The van der Waals surface area contributed by atoms with Crippen molar-refractivity contribution in [3.05, 3.63) is 93.0 Å². The molecule has 1 fully saturated rings. The second kappa shape index (κ2) is 10.9. The largest absolute Gasteiger partial charge is 0.502 e. The smallest absolute Gasteiger partial charge is 0.234 e. The van der Waals surface area contributed by atoms with Gasteiger partial charge in [0.25, 0.3) is 0 Å². The molecular weight excluding hydrogens is 602 g/mol. The molecular formula is C33H28BrNO7. The Bertz CT molecular complexity index is 1630. The van der Waals surface area contributed by atoms with Crippen molar-refractivity contribution < 1.29 is 33.8 Å². The number of allylic oxidation sites excluding steroid dienone is 7. The van der Waals surface area contributed by atoms with Gasteiger partial charge < -0.3 is 14.6 Å². The molecule has 1 N–H and O–H groups in total. The van der Waals surface area contributed by atoms with Gasteiger partial charge in [0, 0.05) is 23.1 Å². The van der Waals surface area contributed by atoms with Crippen LogP contribution in [-0.2, 0) is 25.7 Å². The zero-order chi connectivity index (χ0) is 29.7. The number of aromatic hydroxyl groups is 1. The number of carbonyl (C=O) groups is 4. The highest BCUT2D eigenvalue weighted by atomic mass is 79.9. The van der Waals surface area contributed by atoms with Gasteiger partial charge in [0.15, 0.2) is 23.1 Å². The van der Waals surface area contributed by atoms with Gasteiger partial charge in [-0.15, -0.1) is 0 Å². The molecule has 2 amide bonds. The average Bonchev–Trinajstić information content (AvgIpc) is 3.24. The lowest BCUT2D eigenvalue weighted by molar-refractivity contribution is -0.140. The van der Waals surface area contributed by atoms with Crippen LogP contribution in [0.1, 0.15) is 24.0 Å². The first-order valence-electron chi connectivity index (χ1n) is 13.6. The van der Waals surface area contributed by atoms with Crippen molar-refractivity contribution >= 4 is 45.4 Å². The number of rotatable bonds is 6. The molecule has 6 rings (SSSR count). The number of ether oxygens (including phenoxy) is 2. The molecule has 8 nitrogen and oxygen atoms in total. The fourth-order valence-electron chi connectivity index (χ4n) is 6.69. The Morgan fingerprint density at radius 3 is 2.36 bits per heavy atom. The molecule has 4 atom stereocenters. The van der Waals surface area contributed by atoms with E-state index in [1.165, 1.54) is 25.2 Å². The topological polar surface area (TPSA) is 110 Å². The van der Waals surface area contributed by atoms with Crippen LogP contribution in [0.15, 0.2) is 81.9 Å². The van der Waals surface area contributed by atoms with E-state index in [0.29, 0.717) is 23.1 Å². The number of ketones is 2. The Labute approximate surface area is 251 Å². The molecule has 1 heterocycles. The Balaban J connectivity index is 1.40. The molecule has 0 spiro atoms. The van der Waals surface area contributed by atoms with Crippen LogP contribution in [-0.4, -0.2) is 47.6 Å². The minimum absolute atomic E-state index is 0.131. The third-order valence-electron chi connectivity index (χ3n) is 8.64. The lowest BCUT2D eigenvalue weighted by atomic mass is 9.61. The highest BCUT2D eigenvalue weighted by molar-refractivity contribution is 9.12. The van der Waals surface area contributed by atoms with Crippen molar-refractivity contribution in [1.29, 1.82) is 0 Å². The van der Waals surface area contributed by atoms with Crippen LogP contribution in [0.2, 0.25) is 0 Å². The molecule has 1 saturated heterocycles. The maximum Gasteiger partial charge on any atom is 0.234 e. The summed E-state index contributed by atoms with van der Waals surface area (Å²) in [5, 5.41) is 10.3. The first-order valence-corrected chi connectivity index (χ1v) is 14.4. The molecule has 2 aromatic rings. The number of carbonyl (C=O) groups excluding carboxylic acids is 4. The molecule has 214 valence electrons. The Kier molecular flexibility index (Phi) is 7.22. The molecule has 9 heteroatoms. The van der Waals surface area contributed by atoms with Crippen LogP contribution >= 0.6 is 15.9 Å². The van der Waals surface area contributed by atoms with E-state index in [2.05, 4.69) is 15.9 Å². The summed E-state index contributed by atoms with van der Waals surface area (Å²) in [5.41, 5.74) is 3.12. The number of methoxy groups -OCH3 is 2. The molecule has 0 bridgehead atoms. The Hall–Kier alpha value is -4.24. The van der Waals surface area contributed by atoms with Crippen molar-refractivity contribution in [3.63, 3.8) is 0 Å². The number of amides is 2. The minimum atomic E-state index is -0.618. The summed E-state index contributed by atoms with van der Waals surface area (Å²) in [7, 11) is 2.87. The highest BCUT2D eigenvalue weighted by Crippen LogP contribution is 2.53. The standard InChI is InChI=1S/C33H28BrNO7/c1-41-26-12-18(13-27(42-2)31(26)38)8-9-20-19-10-11-21-29(22(19)14-23-28(20)25(36)15-24(34)30(23)37)33(40)35(32(21)39)16-17-6-4-3-5-7-17/h3-10,12-13,15,20-22,29,38H,11,14,16H2,1-2H3/t20-,21-,22+,29-/m0/s1. The van der Waals surface area contributed by atoms with Crippen LogP contribution in [0.4, 0.5) is 0 Å². The van der Waals surface area contributed by atoms with Gasteiger partial charge in [0.1, 0.15) is 0 Å². The molecule has 1 aliphatic heterocycles. The summed E-state index contributed by atoms with van der Waals surface area (Å²) in [6.45, 7) is 0.195. The zero-order valence-electron chi connectivity index (χ0n) is 23.0. The Morgan fingerprint density at radius 2 is 1.69 bits per heavy atom. The highest BCUT2D eigenvalue weighted by Gasteiger charge is 2.55. The van der Waals surface area contributed by atoms with Crippen LogP contribution in [0.5, 0.6) is 17.2 Å². The monoisotopic (exact) mass is 629 g/mol. The normalized spacial score (nSPS) is 25.3. The molecule has 0 radical (unpaired) electrons.